The summed E-state index contributed by atoms with van der Waals surface area (Å²) in [6.45, 7) is 6.19. The van der Waals surface area contributed by atoms with Crippen molar-refractivity contribution in [3.05, 3.63) is 101 Å². The van der Waals surface area contributed by atoms with Crippen molar-refractivity contribution in [2.24, 2.45) is 0 Å². The second-order valence-electron chi connectivity index (χ2n) is 12.2. The number of amides is 2. The number of aromatic nitrogens is 1. The molecule has 0 spiro atoms. The van der Waals surface area contributed by atoms with E-state index in [1.165, 1.54) is 0 Å². The van der Waals surface area contributed by atoms with E-state index in [1.807, 2.05) is 82.6 Å². The Morgan fingerprint density at radius 2 is 1.48 bits per heavy atom. The van der Waals surface area contributed by atoms with Crippen LogP contribution in [0, 0.1) is 0 Å². The minimum absolute atomic E-state index is 0.0492. The zero-order valence-electron chi connectivity index (χ0n) is 27.2. The molecule has 1 saturated heterocycles. The first-order valence-corrected chi connectivity index (χ1v) is 15.9. The van der Waals surface area contributed by atoms with Crippen LogP contribution in [0.2, 0.25) is 0 Å². The zero-order chi connectivity index (χ0) is 32.2. The highest BCUT2D eigenvalue weighted by Crippen LogP contribution is 2.38. The predicted molar refractivity (Wildman–Crippen MR) is 181 cm³/mol. The summed E-state index contributed by atoms with van der Waals surface area (Å²) in [5.74, 6) is 1.24. The first-order chi connectivity index (χ1) is 22.4. The van der Waals surface area contributed by atoms with E-state index in [0.29, 0.717) is 30.1 Å². The quantitative estimate of drug-likeness (QED) is 0.259. The van der Waals surface area contributed by atoms with Crippen LogP contribution in [0.1, 0.15) is 38.5 Å². The second-order valence-corrected chi connectivity index (χ2v) is 12.2. The molecule has 0 unspecified atom stereocenters. The molecule has 4 aromatic rings. The van der Waals surface area contributed by atoms with Crippen LogP contribution in [0.25, 0.3) is 11.1 Å². The Bertz CT molecular complexity index is 1710. The van der Waals surface area contributed by atoms with E-state index in [-0.39, 0.29) is 11.8 Å². The van der Waals surface area contributed by atoms with E-state index in [4.69, 9.17) is 9.47 Å². The fourth-order valence-electron chi connectivity index (χ4n) is 6.54. The number of anilines is 1. The molecule has 0 atom stereocenters. The van der Waals surface area contributed by atoms with Gasteiger partial charge in [-0.05, 0) is 81.6 Å². The highest BCUT2D eigenvalue weighted by atomic mass is 16.5. The molecule has 0 N–H and O–H groups in total. The summed E-state index contributed by atoms with van der Waals surface area (Å²) in [6.07, 6.45) is 1.13. The van der Waals surface area contributed by atoms with Crippen LogP contribution in [0.5, 0.6) is 11.5 Å². The van der Waals surface area contributed by atoms with Crippen LogP contribution in [-0.4, -0.2) is 98.7 Å². The average molecular weight is 622 g/mol. The van der Waals surface area contributed by atoms with Crippen molar-refractivity contribution in [2.45, 2.75) is 19.5 Å². The zero-order valence-corrected chi connectivity index (χ0v) is 27.2. The molecule has 6 rings (SSSR count). The van der Waals surface area contributed by atoms with E-state index in [9.17, 15) is 9.59 Å². The van der Waals surface area contributed by atoms with Crippen molar-refractivity contribution in [1.82, 2.24) is 19.3 Å². The van der Waals surface area contributed by atoms with E-state index < -0.39 is 0 Å². The SMILES string of the molecule is COc1ccccc1-c1ccc(C(=O)N2Cc3ccc(C(=O)N4CCN(CCCN(C)C)CC4)n3Cc3ccccc32)cc1OC. The number of carbonyl (C=O) groups is 2. The van der Waals surface area contributed by atoms with Gasteiger partial charge in [0.1, 0.15) is 17.2 Å². The summed E-state index contributed by atoms with van der Waals surface area (Å²) in [7, 11) is 7.45. The molecule has 46 heavy (non-hydrogen) atoms. The van der Waals surface area contributed by atoms with Gasteiger partial charge in [0, 0.05) is 54.3 Å². The molecule has 240 valence electrons. The molecule has 0 aliphatic carbocycles. The standard InChI is InChI=1S/C37H43N5O4/c1-38(2)18-9-19-39-20-22-40(23-21-39)37(44)33-17-15-29-26-42(32-12-7-5-10-28(32)25-41(29)33)36(43)27-14-16-31(35(24-27)46-4)30-11-6-8-13-34(30)45-3/h5-8,10-17,24H,9,18-23,25-26H2,1-4H3. The Hall–Kier alpha value is -4.60. The Morgan fingerprint density at radius 1 is 0.761 bits per heavy atom. The molecule has 1 aromatic heterocycles. The second kappa shape index (κ2) is 13.8. The molecular formula is C37H43N5O4. The molecule has 9 heteroatoms. The fourth-order valence-corrected chi connectivity index (χ4v) is 6.54. The minimum Gasteiger partial charge on any atom is -0.496 e. The lowest BCUT2D eigenvalue weighted by Crippen LogP contribution is -2.49. The van der Waals surface area contributed by atoms with Gasteiger partial charge >= 0.3 is 0 Å². The number of methoxy groups -OCH3 is 2. The third-order valence-electron chi connectivity index (χ3n) is 9.05. The van der Waals surface area contributed by atoms with Crippen molar-refractivity contribution in [3.63, 3.8) is 0 Å². The summed E-state index contributed by atoms with van der Waals surface area (Å²) < 4.78 is 13.4. The summed E-state index contributed by atoms with van der Waals surface area (Å²) in [5.41, 5.74) is 5.68. The van der Waals surface area contributed by atoms with Crippen LogP contribution in [0.3, 0.4) is 0 Å². The number of rotatable bonds is 9. The Labute approximate surface area is 271 Å². The van der Waals surface area contributed by atoms with Crippen molar-refractivity contribution < 1.29 is 19.1 Å². The summed E-state index contributed by atoms with van der Waals surface area (Å²) in [5, 5.41) is 0. The number of hydrogen-bond donors (Lipinski definition) is 0. The molecule has 2 amide bonds. The Morgan fingerprint density at radius 3 is 2.24 bits per heavy atom. The van der Waals surface area contributed by atoms with Gasteiger partial charge in [-0.25, -0.2) is 0 Å². The lowest BCUT2D eigenvalue weighted by molar-refractivity contribution is 0.0623. The molecular weight excluding hydrogens is 578 g/mol. The van der Waals surface area contributed by atoms with Crippen LogP contribution in [0.15, 0.2) is 78.9 Å². The van der Waals surface area contributed by atoms with Gasteiger partial charge in [0.25, 0.3) is 11.8 Å². The summed E-state index contributed by atoms with van der Waals surface area (Å²) in [4.78, 5) is 36.5. The van der Waals surface area contributed by atoms with Crippen LogP contribution in [0.4, 0.5) is 5.69 Å². The highest BCUT2D eigenvalue weighted by Gasteiger charge is 2.30. The van der Waals surface area contributed by atoms with Gasteiger partial charge in [0.05, 0.1) is 27.3 Å². The van der Waals surface area contributed by atoms with Gasteiger partial charge in [-0.3, -0.25) is 14.5 Å². The van der Waals surface area contributed by atoms with Crippen molar-refractivity contribution in [2.75, 3.05) is 72.5 Å². The van der Waals surface area contributed by atoms with E-state index in [1.54, 1.807) is 20.3 Å². The summed E-state index contributed by atoms with van der Waals surface area (Å²) >= 11 is 0. The number of fused-ring (bicyclic) bond motifs is 2. The third kappa shape index (κ3) is 6.38. The average Bonchev–Trinajstić information content (AvgIpc) is 3.40. The maximum atomic E-state index is 14.2. The van der Waals surface area contributed by atoms with Crippen LogP contribution in [-0.2, 0) is 13.1 Å². The highest BCUT2D eigenvalue weighted by molar-refractivity contribution is 6.07. The van der Waals surface area contributed by atoms with Gasteiger partial charge < -0.3 is 28.7 Å². The molecule has 0 bridgehead atoms. The first-order valence-electron chi connectivity index (χ1n) is 15.9. The van der Waals surface area contributed by atoms with Crippen molar-refractivity contribution >= 4 is 17.5 Å². The topological polar surface area (TPSA) is 70.5 Å². The van der Waals surface area contributed by atoms with Crippen LogP contribution < -0.4 is 14.4 Å². The van der Waals surface area contributed by atoms with Gasteiger partial charge in [-0.2, -0.15) is 0 Å². The number of ether oxygens (including phenoxy) is 2. The van der Waals surface area contributed by atoms with Crippen LogP contribution >= 0.6 is 0 Å². The smallest absolute Gasteiger partial charge is 0.270 e. The molecule has 3 aromatic carbocycles. The van der Waals surface area contributed by atoms with E-state index >= 15 is 0 Å². The third-order valence-corrected chi connectivity index (χ3v) is 9.05. The molecule has 2 aliphatic heterocycles. The largest absolute Gasteiger partial charge is 0.496 e. The van der Waals surface area contributed by atoms with Gasteiger partial charge in [0.2, 0.25) is 0 Å². The molecule has 9 nitrogen and oxygen atoms in total. The minimum atomic E-state index is -0.134. The Balaban J connectivity index is 1.24. The fraction of sp³-hybridized carbons (Fsp3) is 0.351. The number of para-hydroxylation sites is 2. The van der Waals surface area contributed by atoms with E-state index in [2.05, 4.69) is 28.5 Å². The van der Waals surface area contributed by atoms with Gasteiger partial charge in [0.15, 0.2) is 0 Å². The van der Waals surface area contributed by atoms with E-state index in [0.717, 1.165) is 79.5 Å². The molecule has 3 heterocycles. The lowest BCUT2D eigenvalue weighted by atomic mass is 10.0. The number of hydrogen-bond acceptors (Lipinski definition) is 6. The van der Waals surface area contributed by atoms with Crippen molar-refractivity contribution in [1.29, 1.82) is 0 Å². The molecule has 0 radical (unpaired) electrons. The molecule has 0 saturated carbocycles. The number of carbonyl (C=O) groups excluding carboxylic acids is 2. The monoisotopic (exact) mass is 621 g/mol. The normalized spacial score (nSPS) is 14.9. The first kappa shape index (κ1) is 31.4. The Kier molecular flexibility index (Phi) is 9.42. The lowest BCUT2D eigenvalue weighted by Gasteiger charge is -2.35. The maximum Gasteiger partial charge on any atom is 0.270 e. The number of piperazine rings is 1. The predicted octanol–water partition coefficient (Wildman–Crippen LogP) is 5.09. The molecule has 1 fully saturated rings. The number of nitrogens with zero attached hydrogens (tertiary/aromatic N) is 5. The maximum absolute atomic E-state index is 14.2. The summed E-state index contributed by atoms with van der Waals surface area (Å²) in [6, 6.07) is 25.2. The molecule has 2 aliphatic rings. The number of benzene rings is 3. The van der Waals surface area contributed by atoms with Gasteiger partial charge in [-0.15, -0.1) is 0 Å². The van der Waals surface area contributed by atoms with Gasteiger partial charge in [-0.1, -0.05) is 36.4 Å². The van der Waals surface area contributed by atoms with Crippen molar-refractivity contribution in [3.8, 4) is 22.6 Å².